The summed E-state index contributed by atoms with van der Waals surface area (Å²) in [6, 6.07) is 21.4. The van der Waals surface area contributed by atoms with E-state index in [9.17, 15) is 9.59 Å². The Kier molecular flexibility index (Phi) is 7.94. The molecule has 0 radical (unpaired) electrons. The number of nitrogens with one attached hydrogen (secondary N) is 3. The van der Waals surface area contributed by atoms with Crippen LogP contribution in [0.1, 0.15) is 39.6 Å². The van der Waals surface area contributed by atoms with Crippen molar-refractivity contribution >= 4 is 40.5 Å². The molecule has 3 N–H and O–H groups in total. The fourth-order valence-electron chi connectivity index (χ4n) is 2.92. The smallest absolute Gasteiger partial charge is 0.257 e. The Bertz CT molecular complexity index is 1100. The average Bonchev–Trinajstić information content (AvgIpc) is 2.79. The first-order valence-corrected chi connectivity index (χ1v) is 10.7. The summed E-state index contributed by atoms with van der Waals surface area (Å²) in [5.41, 5.74) is 3.36. The highest BCUT2D eigenvalue weighted by Gasteiger charge is 2.10. The number of ether oxygens (including phenoxy) is 1. The van der Waals surface area contributed by atoms with Crippen molar-refractivity contribution in [3.63, 3.8) is 0 Å². The van der Waals surface area contributed by atoms with Crippen molar-refractivity contribution in [3.05, 3.63) is 89.5 Å². The van der Waals surface area contributed by atoms with E-state index in [0.717, 1.165) is 17.7 Å². The van der Waals surface area contributed by atoms with Crippen molar-refractivity contribution in [2.75, 3.05) is 17.2 Å². The molecule has 6 nitrogen and oxygen atoms in total. The fourth-order valence-corrected chi connectivity index (χ4v) is 3.13. The van der Waals surface area contributed by atoms with E-state index >= 15 is 0 Å². The normalized spacial score (nSPS) is 10.2. The van der Waals surface area contributed by atoms with E-state index in [1.807, 2.05) is 32.0 Å². The molecule has 0 fully saturated rings. The summed E-state index contributed by atoms with van der Waals surface area (Å²) in [5, 5.41) is 8.67. The summed E-state index contributed by atoms with van der Waals surface area (Å²) in [7, 11) is 0. The molecule has 0 atom stereocenters. The Labute approximate surface area is 193 Å². The Morgan fingerprint density at radius 2 is 1.47 bits per heavy atom. The molecule has 0 bridgehead atoms. The molecule has 0 saturated carbocycles. The number of carbonyl (C=O) groups is 2. The standard InChI is InChI=1S/C25H25N3O3S/c1-3-16-31-21-14-8-18(9-15-21)23(29)28-25(32)27-20-12-10-19(11-13-20)26-24(30)22-7-5-4-6-17(22)2/h4-15H,3,16H2,1-2H3,(H,26,30)(H2,27,28,29,32). The van der Waals surface area contributed by atoms with Crippen LogP contribution in [0, 0.1) is 6.92 Å². The number of benzene rings is 3. The number of hydrogen-bond donors (Lipinski definition) is 3. The summed E-state index contributed by atoms with van der Waals surface area (Å²) < 4.78 is 5.52. The van der Waals surface area contributed by atoms with Gasteiger partial charge in [-0.05, 0) is 85.7 Å². The van der Waals surface area contributed by atoms with Crippen LogP contribution < -0.4 is 20.7 Å². The van der Waals surface area contributed by atoms with Crippen LogP contribution in [0.3, 0.4) is 0 Å². The molecule has 7 heteroatoms. The van der Waals surface area contributed by atoms with Gasteiger partial charge in [-0.2, -0.15) is 0 Å². The zero-order chi connectivity index (χ0) is 22.9. The summed E-state index contributed by atoms with van der Waals surface area (Å²) in [6.07, 6.45) is 0.919. The predicted molar refractivity (Wildman–Crippen MR) is 131 cm³/mol. The Balaban J connectivity index is 1.52. The summed E-state index contributed by atoms with van der Waals surface area (Å²) >= 11 is 5.24. The number of hydrogen-bond acceptors (Lipinski definition) is 4. The highest BCUT2D eigenvalue weighted by molar-refractivity contribution is 7.80. The maximum absolute atomic E-state index is 12.4. The largest absolute Gasteiger partial charge is 0.494 e. The van der Waals surface area contributed by atoms with Gasteiger partial charge < -0.3 is 15.4 Å². The van der Waals surface area contributed by atoms with Gasteiger partial charge in [0.25, 0.3) is 11.8 Å². The highest BCUT2D eigenvalue weighted by atomic mass is 32.1. The van der Waals surface area contributed by atoms with Crippen molar-refractivity contribution in [2.45, 2.75) is 20.3 Å². The summed E-state index contributed by atoms with van der Waals surface area (Å²) in [6.45, 7) is 4.56. The van der Waals surface area contributed by atoms with Crippen LogP contribution in [-0.2, 0) is 0 Å². The minimum absolute atomic E-state index is 0.169. The van der Waals surface area contributed by atoms with Gasteiger partial charge in [-0.3, -0.25) is 14.9 Å². The molecular weight excluding hydrogens is 422 g/mol. The molecule has 164 valence electrons. The van der Waals surface area contributed by atoms with E-state index in [1.54, 1.807) is 54.6 Å². The van der Waals surface area contributed by atoms with Crippen molar-refractivity contribution in [3.8, 4) is 5.75 Å². The number of carbonyl (C=O) groups excluding carboxylic acids is 2. The molecule has 3 rings (SSSR count). The number of rotatable bonds is 7. The molecule has 0 saturated heterocycles. The lowest BCUT2D eigenvalue weighted by Gasteiger charge is -2.11. The molecule has 0 aromatic heterocycles. The zero-order valence-electron chi connectivity index (χ0n) is 18.0. The van der Waals surface area contributed by atoms with Gasteiger partial charge >= 0.3 is 0 Å². The van der Waals surface area contributed by atoms with Gasteiger partial charge in [-0.15, -0.1) is 0 Å². The number of amides is 2. The molecule has 0 aliphatic rings. The topological polar surface area (TPSA) is 79.5 Å². The monoisotopic (exact) mass is 447 g/mol. The maximum Gasteiger partial charge on any atom is 0.257 e. The van der Waals surface area contributed by atoms with Gasteiger partial charge in [0.2, 0.25) is 0 Å². The third-order valence-electron chi connectivity index (χ3n) is 4.61. The average molecular weight is 448 g/mol. The molecule has 3 aromatic carbocycles. The van der Waals surface area contributed by atoms with E-state index in [-0.39, 0.29) is 16.9 Å². The van der Waals surface area contributed by atoms with Crippen molar-refractivity contribution < 1.29 is 14.3 Å². The zero-order valence-corrected chi connectivity index (χ0v) is 18.8. The summed E-state index contributed by atoms with van der Waals surface area (Å²) in [5.74, 6) is 0.239. The fraction of sp³-hybridized carbons (Fsp3) is 0.160. The second-order valence-electron chi connectivity index (χ2n) is 7.13. The van der Waals surface area contributed by atoms with Crippen LogP contribution in [0.5, 0.6) is 5.75 Å². The molecule has 32 heavy (non-hydrogen) atoms. The minimum atomic E-state index is -0.313. The highest BCUT2D eigenvalue weighted by Crippen LogP contribution is 2.16. The van der Waals surface area contributed by atoms with Crippen molar-refractivity contribution in [2.24, 2.45) is 0 Å². The first-order chi connectivity index (χ1) is 15.5. The van der Waals surface area contributed by atoms with Gasteiger partial charge in [0.1, 0.15) is 5.75 Å². The van der Waals surface area contributed by atoms with Gasteiger partial charge in [-0.25, -0.2) is 0 Å². The molecule has 0 aliphatic heterocycles. The van der Waals surface area contributed by atoms with E-state index in [2.05, 4.69) is 16.0 Å². The second-order valence-corrected chi connectivity index (χ2v) is 7.54. The quantitative estimate of drug-likeness (QED) is 0.436. The molecule has 0 spiro atoms. The molecule has 3 aromatic rings. The van der Waals surface area contributed by atoms with Gasteiger partial charge in [-0.1, -0.05) is 25.1 Å². The first-order valence-electron chi connectivity index (χ1n) is 10.3. The van der Waals surface area contributed by atoms with Gasteiger partial charge in [0.15, 0.2) is 5.11 Å². The van der Waals surface area contributed by atoms with Gasteiger partial charge in [0, 0.05) is 22.5 Å². The van der Waals surface area contributed by atoms with Crippen LogP contribution in [0.4, 0.5) is 11.4 Å². The molecule has 0 heterocycles. The van der Waals surface area contributed by atoms with E-state index in [0.29, 0.717) is 29.1 Å². The van der Waals surface area contributed by atoms with Crippen LogP contribution in [0.25, 0.3) is 0 Å². The maximum atomic E-state index is 12.4. The second kappa shape index (κ2) is 11.1. The third kappa shape index (κ3) is 6.39. The van der Waals surface area contributed by atoms with Crippen molar-refractivity contribution in [1.29, 1.82) is 0 Å². The third-order valence-corrected chi connectivity index (χ3v) is 4.81. The van der Waals surface area contributed by atoms with Crippen LogP contribution >= 0.6 is 12.2 Å². The summed E-state index contributed by atoms with van der Waals surface area (Å²) in [4.78, 5) is 24.8. The van der Waals surface area contributed by atoms with Crippen molar-refractivity contribution in [1.82, 2.24) is 5.32 Å². The minimum Gasteiger partial charge on any atom is -0.494 e. The Morgan fingerprint density at radius 1 is 0.844 bits per heavy atom. The predicted octanol–water partition coefficient (Wildman–Crippen LogP) is 5.16. The number of anilines is 2. The lowest BCUT2D eigenvalue weighted by Crippen LogP contribution is -2.34. The Hall–Kier alpha value is -3.71. The number of thiocarbonyl (C=S) groups is 1. The first kappa shape index (κ1) is 23.0. The van der Waals surface area contributed by atoms with Gasteiger partial charge in [0.05, 0.1) is 6.61 Å². The van der Waals surface area contributed by atoms with E-state index in [1.165, 1.54) is 0 Å². The van der Waals surface area contributed by atoms with E-state index in [4.69, 9.17) is 17.0 Å². The lowest BCUT2D eigenvalue weighted by atomic mass is 10.1. The van der Waals surface area contributed by atoms with Crippen LogP contribution in [-0.4, -0.2) is 23.5 Å². The molecule has 0 unspecified atom stereocenters. The van der Waals surface area contributed by atoms with E-state index < -0.39 is 0 Å². The van der Waals surface area contributed by atoms with Crippen LogP contribution in [0.15, 0.2) is 72.8 Å². The molecule has 2 amide bonds. The molecular formula is C25H25N3O3S. The van der Waals surface area contributed by atoms with Crippen LogP contribution in [0.2, 0.25) is 0 Å². The SMILES string of the molecule is CCCOc1ccc(C(=O)NC(=S)Nc2ccc(NC(=O)c3ccccc3C)cc2)cc1. The number of aryl methyl sites for hydroxylation is 1. The lowest BCUT2D eigenvalue weighted by molar-refractivity contribution is 0.0976. The molecule has 0 aliphatic carbocycles. The Morgan fingerprint density at radius 3 is 2.09 bits per heavy atom.